The minimum absolute atomic E-state index is 0.0921. The molecule has 1 amide bonds. The molecule has 2 aromatic carbocycles. The first-order valence-corrected chi connectivity index (χ1v) is 11.2. The Hall–Kier alpha value is -3.15. The van der Waals surface area contributed by atoms with Gasteiger partial charge >= 0.3 is 5.97 Å². The van der Waals surface area contributed by atoms with E-state index in [2.05, 4.69) is 4.57 Å². The lowest BCUT2D eigenvalue weighted by Gasteiger charge is -2.32. The van der Waals surface area contributed by atoms with E-state index < -0.39 is 5.97 Å². The third kappa shape index (κ3) is 3.71. The summed E-state index contributed by atoms with van der Waals surface area (Å²) >= 11 is 0. The number of carbonyl (C=O) groups is 2. The number of imidazole rings is 1. The zero-order chi connectivity index (χ0) is 21.4. The van der Waals surface area contributed by atoms with Gasteiger partial charge in [0, 0.05) is 30.6 Å². The summed E-state index contributed by atoms with van der Waals surface area (Å²) in [6.45, 7) is 1.43. The summed E-state index contributed by atoms with van der Waals surface area (Å²) in [5.74, 6) is 0.512. The summed E-state index contributed by atoms with van der Waals surface area (Å²) in [6, 6.07) is 15.2. The van der Waals surface area contributed by atoms with E-state index >= 15 is 0 Å². The van der Waals surface area contributed by atoms with Gasteiger partial charge in [0.25, 0.3) is 5.91 Å². The number of carboxylic acids is 1. The molecule has 1 N–H and O–H groups in total. The summed E-state index contributed by atoms with van der Waals surface area (Å²) in [5.41, 5.74) is 2.82. The molecule has 0 bridgehead atoms. The quantitative estimate of drug-likeness (QED) is 0.657. The number of benzene rings is 2. The zero-order valence-corrected chi connectivity index (χ0v) is 17.5. The Labute approximate surface area is 181 Å². The Kier molecular flexibility index (Phi) is 5.22. The van der Waals surface area contributed by atoms with Crippen molar-refractivity contribution >= 4 is 22.9 Å². The van der Waals surface area contributed by atoms with Crippen LogP contribution in [0.2, 0.25) is 0 Å². The van der Waals surface area contributed by atoms with Crippen LogP contribution in [0.4, 0.5) is 0 Å². The van der Waals surface area contributed by atoms with E-state index in [9.17, 15) is 14.7 Å². The van der Waals surface area contributed by atoms with Crippen molar-refractivity contribution in [3.63, 3.8) is 0 Å². The van der Waals surface area contributed by atoms with Crippen LogP contribution in [0.25, 0.3) is 11.0 Å². The lowest BCUT2D eigenvalue weighted by molar-refractivity contribution is 0.0692. The average Bonchev–Trinajstić information content (AvgIpc) is 3.46. The number of rotatable bonds is 4. The highest BCUT2D eigenvalue weighted by Crippen LogP contribution is 2.38. The summed E-state index contributed by atoms with van der Waals surface area (Å²) in [7, 11) is 0. The van der Waals surface area contributed by atoms with Crippen LogP contribution in [0.1, 0.15) is 77.0 Å². The van der Waals surface area contributed by atoms with Crippen LogP contribution in [-0.2, 0) is 0 Å². The maximum absolute atomic E-state index is 12.8. The van der Waals surface area contributed by atoms with Crippen molar-refractivity contribution in [2.24, 2.45) is 0 Å². The van der Waals surface area contributed by atoms with E-state index in [1.54, 1.807) is 12.1 Å². The zero-order valence-electron chi connectivity index (χ0n) is 17.5. The molecule has 31 heavy (non-hydrogen) atoms. The molecule has 0 radical (unpaired) electrons. The second kappa shape index (κ2) is 8.17. The molecule has 2 heterocycles. The fourth-order valence-corrected chi connectivity index (χ4v) is 5.19. The molecule has 1 aliphatic carbocycles. The average molecular weight is 418 g/mol. The van der Waals surface area contributed by atoms with Crippen molar-refractivity contribution in [3.05, 3.63) is 65.5 Å². The monoisotopic (exact) mass is 417 g/mol. The van der Waals surface area contributed by atoms with Crippen molar-refractivity contribution in [1.29, 1.82) is 0 Å². The van der Waals surface area contributed by atoms with E-state index in [0.717, 1.165) is 48.1 Å². The molecule has 1 saturated heterocycles. The molecule has 1 aromatic heterocycles. The van der Waals surface area contributed by atoms with Gasteiger partial charge in [-0.25, -0.2) is 9.78 Å². The lowest BCUT2D eigenvalue weighted by atomic mass is 9.95. The smallest absolute Gasteiger partial charge is 0.335 e. The van der Waals surface area contributed by atoms with E-state index in [1.165, 1.54) is 12.8 Å². The standard InChI is InChI=1S/C25H27N3O3/c29-24(18-6-2-1-3-7-18)27-14-12-17(13-15-27)23-26-21-16-19(25(30)31)10-11-22(21)28(23)20-8-4-5-9-20/h1-3,6-7,10-11,16-17,20H,4-5,8-9,12-15H2,(H,30,31). The number of carboxylic acid groups (broad SMARTS) is 1. The second-order valence-corrected chi connectivity index (χ2v) is 8.72. The second-order valence-electron chi connectivity index (χ2n) is 8.72. The number of aromatic carboxylic acids is 1. The van der Waals surface area contributed by atoms with Crippen LogP contribution >= 0.6 is 0 Å². The molecule has 160 valence electrons. The van der Waals surface area contributed by atoms with Gasteiger partial charge in [0.15, 0.2) is 0 Å². The Morgan fingerprint density at radius 3 is 2.29 bits per heavy atom. The normalized spacial score (nSPS) is 18.0. The predicted molar refractivity (Wildman–Crippen MR) is 119 cm³/mol. The van der Waals surface area contributed by atoms with Gasteiger partial charge in [0.2, 0.25) is 0 Å². The van der Waals surface area contributed by atoms with Gasteiger partial charge in [0.05, 0.1) is 16.6 Å². The van der Waals surface area contributed by atoms with Crippen molar-refractivity contribution in [1.82, 2.24) is 14.5 Å². The molecule has 1 saturated carbocycles. The van der Waals surface area contributed by atoms with E-state index in [4.69, 9.17) is 4.98 Å². The van der Waals surface area contributed by atoms with Gasteiger partial charge in [-0.15, -0.1) is 0 Å². The van der Waals surface area contributed by atoms with Crippen LogP contribution in [0.5, 0.6) is 0 Å². The minimum atomic E-state index is -0.924. The number of piperidine rings is 1. The molecule has 6 nitrogen and oxygen atoms in total. The van der Waals surface area contributed by atoms with Crippen LogP contribution in [0.15, 0.2) is 48.5 Å². The summed E-state index contributed by atoms with van der Waals surface area (Å²) in [4.78, 5) is 31.1. The molecule has 0 atom stereocenters. The third-order valence-electron chi connectivity index (χ3n) is 6.82. The van der Waals surface area contributed by atoms with Crippen molar-refractivity contribution < 1.29 is 14.7 Å². The van der Waals surface area contributed by atoms with Crippen LogP contribution < -0.4 is 0 Å². The summed E-state index contributed by atoms with van der Waals surface area (Å²) in [6.07, 6.45) is 6.48. The number of hydrogen-bond donors (Lipinski definition) is 1. The van der Waals surface area contributed by atoms with Gasteiger partial charge in [0.1, 0.15) is 5.82 Å². The maximum atomic E-state index is 12.8. The molecule has 2 aliphatic rings. The molecule has 6 heteroatoms. The number of fused-ring (bicyclic) bond motifs is 1. The maximum Gasteiger partial charge on any atom is 0.335 e. The fourth-order valence-electron chi connectivity index (χ4n) is 5.19. The Balaban J connectivity index is 1.42. The van der Waals surface area contributed by atoms with Gasteiger partial charge < -0.3 is 14.6 Å². The fraction of sp³-hybridized carbons (Fsp3) is 0.400. The first-order valence-electron chi connectivity index (χ1n) is 11.2. The third-order valence-corrected chi connectivity index (χ3v) is 6.82. The minimum Gasteiger partial charge on any atom is -0.478 e. The predicted octanol–water partition coefficient (Wildman–Crippen LogP) is 4.87. The molecular formula is C25H27N3O3. The van der Waals surface area contributed by atoms with Crippen LogP contribution in [0.3, 0.4) is 0 Å². The molecule has 3 aromatic rings. The van der Waals surface area contributed by atoms with Crippen LogP contribution in [0, 0.1) is 0 Å². The number of amides is 1. The summed E-state index contributed by atoms with van der Waals surface area (Å²) in [5, 5.41) is 9.38. The first-order chi connectivity index (χ1) is 15.1. The largest absolute Gasteiger partial charge is 0.478 e. The topological polar surface area (TPSA) is 75.4 Å². The van der Waals surface area contributed by atoms with Crippen molar-refractivity contribution in [3.8, 4) is 0 Å². The highest BCUT2D eigenvalue weighted by molar-refractivity contribution is 5.94. The Morgan fingerprint density at radius 2 is 1.61 bits per heavy atom. The Morgan fingerprint density at radius 1 is 0.903 bits per heavy atom. The molecular weight excluding hydrogens is 390 g/mol. The Bertz CT molecular complexity index is 1110. The van der Waals surface area contributed by atoms with E-state index in [-0.39, 0.29) is 17.4 Å². The van der Waals surface area contributed by atoms with Crippen molar-refractivity contribution in [2.45, 2.75) is 50.5 Å². The molecule has 5 rings (SSSR count). The van der Waals surface area contributed by atoms with Crippen LogP contribution in [-0.4, -0.2) is 44.5 Å². The van der Waals surface area contributed by atoms with Gasteiger partial charge in [-0.3, -0.25) is 4.79 Å². The van der Waals surface area contributed by atoms with Gasteiger partial charge in [-0.1, -0.05) is 31.0 Å². The molecule has 0 spiro atoms. The highest BCUT2D eigenvalue weighted by atomic mass is 16.4. The number of likely N-dealkylation sites (tertiary alicyclic amines) is 1. The molecule has 1 aliphatic heterocycles. The molecule has 2 fully saturated rings. The van der Waals surface area contributed by atoms with Gasteiger partial charge in [-0.05, 0) is 56.0 Å². The van der Waals surface area contributed by atoms with E-state index in [1.807, 2.05) is 41.3 Å². The van der Waals surface area contributed by atoms with Gasteiger partial charge in [-0.2, -0.15) is 0 Å². The highest BCUT2D eigenvalue weighted by Gasteiger charge is 2.31. The molecule has 0 unspecified atom stereocenters. The summed E-state index contributed by atoms with van der Waals surface area (Å²) < 4.78 is 2.38. The first kappa shape index (κ1) is 19.8. The SMILES string of the molecule is O=C(O)c1ccc2c(c1)nc(C1CCN(C(=O)c3ccccc3)CC1)n2C1CCCC1. The number of hydrogen-bond acceptors (Lipinski definition) is 3. The number of carbonyl (C=O) groups excluding carboxylic acids is 1. The lowest BCUT2D eigenvalue weighted by Crippen LogP contribution is -2.38. The van der Waals surface area contributed by atoms with E-state index in [0.29, 0.717) is 19.1 Å². The number of nitrogens with zero attached hydrogens (tertiary/aromatic N) is 3. The van der Waals surface area contributed by atoms with Crippen molar-refractivity contribution in [2.75, 3.05) is 13.1 Å². The number of aromatic nitrogens is 2.